The topological polar surface area (TPSA) is 32.3 Å². The van der Waals surface area contributed by atoms with Crippen molar-refractivity contribution in [1.82, 2.24) is 5.32 Å². The van der Waals surface area contributed by atoms with Gasteiger partial charge in [-0.1, -0.05) is 26.0 Å². The minimum absolute atomic E-state index is 0.0589. The summed E-state index contributed by atoms with van der Waals surface area (Å²) in [6, 6.07) is 6.07. The molecule has 1 aliphatic rings. The summed E-state index contributed by atoms with van der Waals surface area (Å²) < 4.78 is 0. The van der Waals surface area contributed by atoms with Crippen molar-refractivity contribution in [3.63, 3.8) is 0 Å². The van der Waals surface area contributed by atoms with Gasteiger partial charge in [-0.3, -0.25) is 4.79 Å². The van der Waals surface area contributed by atoms with Gasteiger partial charge in [0, 0.05) is 43.3 Å². The number of rotatable bonds is 3. The molecule has 0 aromatic heterocycles. The van der Waals surface area contributed by atoms with Crippen molar-refractivity contribution in [2.45, 2.75) is 20.8 Å². The Kier molecular flexibility index (Phi) is 4.02. The van der Waals surface area contributed by atoms with E-state index in [1.54, 1.807) is 0 Å². The lowest BCUT2D eigenvalue weighted by atomic mass is 9.98. The van der Waals surface area contributed by atoms with Gasteiger partial charge in [0.05, 0.1) is 0 Å². The number of hydrogen-bond acceptors (Lipinski definition) is 3. The monoisotopic (exact) mass is 246 g/mol. The Morgan fingerprint density at radius 2 is 1.94 bits per heavy atom. The number of carbonyl (C=O) groups is 1. The first-order chi connectivity index (χ1) is 8.59. The number of hydrogen-bond donors (Lipinski definition) is 1. The van der Waals surface area contributed by atoms with Crippen LogP contribution in [0.3, 0.4) is 0 Å². The van der Waals surface area contributed by atoms with E-state index in [1.807, 2.05) is 19.9 Å². The zero-order chi connectivity index (χ0) is 13.1. The molecule has 0 amide bonds. The standard InChI is InChI=1S/C15H22N2O/c1-11(2)15(18)13-5-4-12(3)14(10-13)17-8-6-16-7-9-17/h4-5,10-11,16H,6-9H2,1-3H3. The van der Waals surface area contributed by atoms with Crippen LogP contribution >= 0.6 is 0 Å². The molecule has 1 aromatic carbocycles. The molecule has 3 heteroatoms. The summed E-state index contributed by atoms with van der Waals surface area (Å²) in [6.45, 7) is 10.1. The number of piperazine rings is 1. The van der Waals surface area contributed by atoms with Gasteiger partial charge in [-0.2, -0.15) is 0 Å². The fraction of sp³-hybridized carbons (Fsp3) is 0.533. The van der Waals surface area contributed by atoms with Gasteiger partial charge in [0.2, 0.25) is 0 Å². The third-order valence-corrected chi connectivity index (χ3v) is 3.48. The predicted molar refractivity (Wildman–Crippen MR) is 75.4 cm³/mol. The summed E-state index contributed by atoms with van der Waals surface area (Å²) in [5, 5.41) is 3.35. The molecule has 1 aromatic rings. The third-order valence-electron chi connectivity index (χ3n) is 3.48. The average Bonchev–Trinajstić information content (AvgIpc) is 2.39. The van der Waals surface area contributed by atoms with Crippen molar-refractivity contribution in [3.05, 3.63) is 29.3 Å². The van der Waals surface area contributed by atoms with Gasteiger partial charge in [-0.15, -0.1) is 0 Å². The van der Waals surface area contributed by atoms with E-state index in [9.17, 15) is 4.79 Å². The molecule has 0 spiro atoms. The molecule has 1 N–H and O–H groups in total. The van der Waals surface area contributed by atoms with Gasteiger partial charge >= 0.3 is 0 Å². The molecule has 1 fully saturated rings. The summed E-state index contributed by atoms with van der Waals surface area (Å²) in [4.78, 5) is 14.4. The summed E-state index contributed by atoms with van der Waals surface area (Å²) in [6.07, 6.45) is 0. The fourth-order valence-electron chi connectivity index (χ4n) is 2.34. The quantitative estimate of drug-likeness (QED) is 0.830. The number of anilines is 1. The Bertz CT molecular complexity index is 434. The highest BCUT2D eigenvalue weighted by Gasteiger charge is 2.16. The highest BCUT2D eigenvalue weighted by molar-refractivity contribution is 5.98. The van der Waals surface area contributed by atoms with Crippen LogP contribution in [-0.4, -0.2) is 32.0 Å². The Hall–Kier alpha value is -1.35. The Morgan fingerprint density at radius 1 is 1.28 bits per heavy atom. The maximum absolute atomic E-state index is 12.1. The fourth-order valence-corrected chi connectivity index (χ4v) is 2.34. The van der Waals surface area contributed by atoms with Crippen molar-refractivity contribution >= 4 is 11.5 Å². The smallest absolute Gasteiger partial charge is 0.165 e. The first-order valence-electron chi connectivity index (χ1n) is 6.70. The van der Waals surface area contributed by atoms with Crippen molar-refractivity contribution in [2.24, 2.45) is 5.92 Å². The molecule has 98 valence electrons. The highest BCUT2D eigenvalue weighted by Crippen LogP contribution is 2.23. The second-order valence-corrected chi connectivity index (χ2v) is 5.26. The van der Waals surface area contributed by atoms with Gasteiger partial charge in [0.1, 0.15) is 0 Å². The molecule has 0 aliphatic carbocycles. The van der Waals surface area contributed by atoms with Gasteiger partial charge in [0.25, 0.3) is 0 Å². The average molecular weight is 246 g/mol. The summed E-state index contributed by atoms with van der Waals surface area (Å²) in [5.41, 5.74) is 3.30. The lowest BCUT2D eigenvalue weighted by Gasteiger charge is -2.31. The van der Waals surface area contributed by atoms with E-state index < -0.39 is 0 Å². The van der Waals surface area contributed by atoms with Crippen molar-refractivity contribution in [1.29, 1.82) is 0 Å². The molecule has 18 heavy (non-hydrogen) atoms. The number of aryl methyl sites for hydroxylation is 1. The van der Waals surface area contributed by atoms with Gasteiger partial charge in [-0.05, 0) is 18.6 Å². The second kappa shape index (κ2) is 5.53. The van der Waals surface area contributed by atoms with E-state index in [4.69, 9.17) is 0 Å². The second-order valence-electron chi connectivity index (χ2n) is 5.26. The van der Waals surface area contributed by atoms with Crippen LogP contribution in [0.15, 0.2) is 18.2 Å². The van der Waals surface area contributed by atoms with E-state index in [2.05, 4.69) is 29.3 Å². The minimum Gasteiger partial charge on any atom is -0.369 e. The lowest BCUT2D eigenvalue weighted by molar-refractivity contribution is 0.0939. The van der Waals surface area contributed by atoms with Crippen LogP contribution in [0.1, 0.15) is 29.8 Å². The molecular formula is C15H22N2O. The molecule has 2 rings (SSSR count). The van der Waals surface area contributed by atoms with Crippen LogP contribution in [0, 0.1) is 12.8 Å². The molecule has 0 unspecified atom stereocenters. The maximum Gasteiger partial charge on any atom is 0.165 e. The van der Waals surface area contributed by atoms with Crippen LogP contribution in [-0.2, 0) is 0 Å². The normalized spacial score (nSPS) is 16.1. The zero-order valence-corrected chi connectivity index (χ0v) is 11.5. The Labute approximate surface area is 109 Å². The number of carbonyl (C=O) groups excluding carboxylic acids is 1. The first kappa shape index (κ1) is 13.1. The SMILES string of the molecule is Cc1ccc(C(=O)C(C)C)cc1N1CCNCC1. The molecule has 0 saturated carbocycles. The first-order valence-corrected chi connectivity index (χ1v) is 6.70. The van der Waals surface area contributed by atoms with Crippen LogP contribution in [0.4, 0.5) is 5.69 Å². The molecular weight excluding hydrogens is 224 g/mol. The van der Waals surface area contributed by atoms with E-state index in [1.165, 1.54) is 11.3 Å². The van der Waals surface area contributed by atoms with Crippen LogP contribution in [0.2, 0.25) is 0 Å². The van der Waals surface area contributed by atoms with E-state index >= 15 is 0 Å². The molecule has 1 heterocycles. The molecule has 1 aliphatic heterocycles. The summed E-state index contributed by atoms with van der Waals surface area (Å²) in [5.74, 6) is 0.287. The maximum atomic E-state index is 12.1. The summed E-state index contributed by atoms with van der Waals surface area (Å²) in [7, 11) is 0. The van der Waals surface area contributed by atoms with Crippen molar-refractivity contribution in [3.8, 4) is 0 Å². The van der Waals surface area contributed by atoms with Crippen molar-refractivity contribution < 1.29 is 4.79 Å². The number of benzene rings is 1. The van der Waals surface area contributed by atoms with Crippen LogP contribution in [0.5, 0.6) is 0 Å². The molecule has 3 nitrogen and oxygen atoms in total. The number of Topliss-reactive ketones (excluding diaryl/α,β-unsaturated/α-hetero) is 1. The Morgan fingerprint density at radius 3 is 2.56 bits per heavy atom. The molecule has 0 bridgehead atoms. The van der Waals surface area contributed by atoms with Gasteiger partial charge in [0.15, 0.2) is 5.78 Å². The largest absolute Gasteiger partial charge is 0.369 e. The van der Waals surface area contributed by atoms with Crippen molar-refractivity contribution in [2.75, 3.05) is 31.1 Å². The Balaban J connectivity index is 2.28. The number of ketones is 1. The number of nitrogens with one attached hydrogen (secondary N) is 1. The summed E-state index contributed by atoms with van der Waals surface area (Å²) >= 11 is 0. The van der Waals surface area contributed by atoms with E-state index in [0.29, 0.717) is 0 Å². The molecule has 0 radical (unpaired) electrons. The lowest BCUT2D eigenvalue weighted by Crippen LogP contribution is -2.43. The van der Waals surface area contributed by atoms with Gasteiger partial charge < -0.3 is 10.2 Å². The van der Waals surface area contributed by atoms with Gasteiger partial charge in [-0.25, -0.2) is 0 Å². The minimum atomic E-state index is 0.0589. The molecule has 0 atom stereocenters. The molecule has 1 saturated heterocycles. The number of nitrogens with zero attached hydrogens (tertiary/aromatic N) is 1. The van der Waals surface area contributed by atoms with Crippen LogP contribution < -0.4 is 10.2 Å². The third kappa shape index (κ3) is 2.72. The highest BCUT2D eigenvalue weighted by atomic mass is 16.1. The van der Waals surface area contributed by atoms with E-state index in [-0.39, 0.29) is 11.7 Å². The van der Waals surface area contributed by atoms with E-state index in [0.717, 1.165) is 31.7 Å². The predicted octanol–water partition coefficient (Wildman–Crippen LogP) is 2.24. The zero-order valence-electron chi connectivity index (χ0n) is 11.5. The van der Waals surface area contributed by atoms with Crippen LogP contribution in [0.25, 0.3) is 0 Å².